The van der Waals surface area contributed by atoms with Gasteiger partial charge in [-0.25, -0.2) is 0 Å². The first kappa shape index (κ1) is 19.8. The van der Waals surface area contributed by atoms with Crippen molar-refractivity contribution in [2.45, 2.75) is 38.8 Å². The van der Waals surface area contributed by atoms with Crippen LogP contribution in [0.4, 0.5) is 0 Å². The molecular formula is C24H22N2O4. The lowest BCUT2D eigenvalue weighted by Gasteiger charge is -2.16. The van der Waals surface area contributed by atoms with Crippen LogP contribution in [0, 0.1) is 10.4 Å². The van der Waals surface area contributed by atoms with E-state index in [1.807, 2.05) is 0 Å². The van der Waals surface area contributed by atoms with E-state index in [1.165, 1.54) is 27.7 Å². The van der Waals surface area contributed by atoms with Gasteiger partial charge in [-0.2, -0.15) is 9.48 Å². The van der Waals surface area contributed by atoms with E-state index in [-0.39, 0.29) is 22.6 Å². The standard InChI is InChI=1S/C24H22N2O4/c1-23(2)21(27)17(19(25(23)29)15-11-7-5-8-12-15)18-20(16-13-9-6-10-14-16)26(30)24(3,4)22(18)28/h5-14H,1-4H3/b18-17+. The van der Waals surface area contributed by atoms with Crippen LogP contribution in [-0.4, -0.2) is 43.5 Å². The summed E-state index contributed by atoms with van der Waals surface area (Å²) >= 11 is 0. The van der Waals surface area contributed by atoms with Crippen molar-refractivity contribution in [1.82, 2.24) is 0 Å². The molecule has 0 atom stereocenters. The third-order valence-electron chi connectivity index (χ3n) is 5.81. The average molecular weight is 402 g/mol. The summed E-state index contributed by atoms with van der Waals surface area (Å²) in [5.74, 6) is -0.946. The highest BCUT2D eigenvalue weighted by Gasteiger charge is 2.58. The summed E-state index contributed by atoms with van der Waals surface area (Å²) in [5.41, 5.74) is -1.48. The molecule has 6 heteroatoms. The molecule has 152 valence electrons. The summed E-state index contributed by atoms with van der Waals surface area (Å²) in [5, 5.41) is 26.4. The summed E-state index contributed by atoms with van der Waals surface area (Å²) in [4.78, 5) is 26.9. The summed E-state index contributed by atoms with van der Waals surface area (Å²) in [6.45, 7) is 6.11. The molecule has 2 aliphatic heterocycles. The zero-order valence-electron chi connectivity index (χ0n) is 17.3. The fraction of sp³-hybridized carbons (Fsp3) is 0.250. The monoisotopic (exact) mass is 402 g/mol. The summed E-state index contributed by atoms with van der Waals surface area (Å²) in [6, 6.07) is 17.5. The molecular weight excluding hydrogens is 380 g/mol. The molecule has 0 aliphatic carbocycles. The van der Waals surface area contributed by atoms with Gasteiger partial charge >= 0.3 is 0 Å². The second-order valence-corrected chi connectivity index (χ2v) is 8.54. The van der Waals surface area contributed by atoms with Crippen molar-refractivity contribution < 1.29 is 19.1 Å². The molecule has 2 aromatic rings. The second kappa shape index (κ2) is 6.49. The predicted molar refractivity (Wildman–Crippen MR) is 114 cm³/mol. The van der Waals surface area contributed by atoms with Crippen LogP contribution >= 0.6 is 0 Å². The quantitative estimate of drug-likeness (QED) is 0.439. The van der Waals surface area contributed by atoms with Crippen molar-refractivity contribution in [3.8, 4) is 0 Å². The van der Waals surface area contributed by atoms with Gasteiger partial charge in [0, 0.05) is 38.8 Å². The number of benzene rings is 2. The number of carbonyl (C=O) groups is 2. The molecule has 0 radical (unpaired) electrons. The molecule has 2 heterocycles. The summed E-state index contributed by atoms with van der Waals surface area (Å²) in [7, 11) is 0. The first-order valence-electron chi connectivity index (χ1n) is 9.74. The van der Waals surface area contributed by atoms with E-state index in [4.69, 9.17) is 0 Å². The van der Waals surface area contributed by atoms with Crippen molar-refractivity contribution >= 4 is 23.0 Å². The number of hydrogen-bond acceptors (Lipinski definition) is 4. The number of carbonyl (C=O) groups excluding carboxylic acids is 2. The SMILES string of the molecule is CC1(C)C(=O)/C(=C2/C(=O)C(C)(C)[N+]([O-])=C2c2ccccc2)C(c2ccccc2)=[N+]1[O-]. The van der Waals surface area contributed by atoms with Gasteiger partial charge in [0.1, 0.15) is 11.1 Å². The Morgan fingerprint density at radius 3 is 1.20 bits per heavy atom. The number of ketones is 2. The van der Waals surface area contributed by atoms with E-state index in [1.54, 1.807) is 60.7 Å². The minimum absolute atomic E-state index is 0.0106. The van der Waals surface area contributed by atoms with E-state index in [2.05, 4.69) is 0 Å². The molecule has 6 nitrogen and oxygen atoms in total. The fourth-order valence-corrected chi connectivity index (χ4v) is 3.95. The Morgan fingerprint density at radius 1 is 0.600 bits per heavy atom. The van der Waals surface area contributed by atoms with Gasteiger partial charge in [-0.05, 0) is 24.3 Å². The van der Waals surface area contributed by atoms with E-state index in [0.717, 1.165) is 0 Å². The highest BCUT2D eigenvalue weighted by molar-refractivity contribution is 6.43. The molecule has 4 rings (SSSR count). The van der Waals surface area contributed by atoms with Gasteiger partial charge in [0.25, 0.3) is 0 Å². The molecule has 0 saturated carbocycles. The number of nitrogens with zero attached hydrogens (tertiary/aromatic N) is 2. The Morgan fingerprint density at radius 2 is 0.900 bits per heavy atom. The maximum absolute atomic E-state index is 13.4. The summed E-state index contributed by atoms with van der Waals surface area (Å²) in [6.07, 6.45) is 0. The Balaban J connectivity index is 2.12. The van der Waals surface area contributed by atoms with E-state index >= 15 is 0 Å². The van der Waals surface area contributed by atoms with Gasteiger partial charge in [0.15, 0.2) is 0 Å². The fourth-order valence-electron chi connectivity index (χ4n) is 3.95. The zero-order valence-corrected chi connectivity index (χ0v) is 17.3. The van der Waals surface area contributed by atoms with E-state index in [9.17, 15) is 20.0 Å². The van der Waals surface area contributed by atoms with Gasteiger partial charge < -0.3 is 10.4 Å². The minimum Gasteiger partial charge on any atom is -0.623 e. The van der Waals surface area contributed by atoms with Gasteiger partial charge in [0.2, 0.25) is 34.1 Å². The maximum atomic E-state index is 13.4. The number of Topliss-reactive ketones (excluding diaryl/α,β-unsaturated/α-hetero) is 2. The largest absolute Gasteiger partial charge is 0.623 e. The van der Waals surface area contributed by atoms with Crippen molar-refractivity contribution in [3.63, 3.8) is 0 Å². The molecule has 0 fully saturated rings. The highest BCUT2D eigenvalue weighted by Crippen LogP contribution is 2.36. The lowest BCUT2D eigenvalue weighted by atomic mass is 9.84. The van der Waals surface area contributed by atoms with E-state index < -0.39 is 22.6 Å². The summed E-state index contributed by atoms with van der Waals surface area (Å²) < 4.78 is 1.31. The van der Waals surface area contributed by atoms with Crippen LogP contribution in [0.15, 0.2) is 71.8 Å². The third-order valence-corrected chi connectivity index (χ3v) is 5.81. The topological polar surface area (TPSA) is 86.3 Å². The van der Waals surface area contributed by atoms with Crippen LogP contribution in [0.2, 0.25) is 0 Å². The van der Waals surface area contributed by atoms with Crippen molar-refractivity contribution in [2.75, 3.05) is 0 Å². The Hall–Kier alpha value is -3.54. The van der Waals surface area contributed by atoms with Crippen molar-refractivity contribution in [2.24, 2.45) is 0 Å². The van der Waals surface area contributed by atoms with Crippen LogP contribution < -0.4 is 0 Å². The lowest BCUT2D eigenvalue weighted by Crippen LogP contribution is -2.37. The Kier molecular flexibility index (Phi) is 4.27. The minimum atomic E-state index is -1.39. The van der Waals surface area contributed by atoms with Crippen LogP contribution in [0.5, 0.6) is 0 Å². The lowest BCUT2D eigenvalue weighted by molar-refractivity contribution is -0.515. The zero-order chi connectivity index (χ0) is 21.8. The highest BCUT2D eigenvalue weighted by atomic mass is 16.5. The number of hydroxylamine groups is 2. The maximum Gasteiger partial charge on any atom is 0.241 e. The van der Waals surface area contributed by atoms with Crippen LogP contribution in [0.3, 0.4) is 0 Å². The van der Waals surface area contributed by atoms with Gasteiger partial charge in [-0.15, -0.1) is 0 Å². The van der Waals surface area contributed by atoms with Crippen LogP contribution in [-0.2, 0) is 9.59 Å². The smallest absolute Gasteiger partial charge is 0.241 e. The molecule has 0 saturated heterocycles. The Bertz CT molecular complexity index is 1080. The molecule has 0 bridgehead atoms. The van der Waals surface area contributed by atoms with Gasteiger partial charge in [-0.1, -0.05) is 36.4 Å². The van der Waals surface area contributed by atoms with Crippen molar-refractivity contribution in [3.05, 3.63) is 93.4 Å². The average Bonchev–Trinajstić information content (AvgIpc) is 3.02. The molecule has 0 spiro atoms. The van der Waals surface area contributed by atoms with Crippen LogP contribution in [0.1, 0.15) is 38.8 Å². The molecule has 2 aliphatic rings. The number of hydrogen-bond donors (Lipinski definition) is 0. The molecule has 0 aromatic heterocycles. The molecule has 2 aromatic carbocycles. The molecule has 30 heavy (non-hydrogen) atoms. The molecule has 0 N–H and O–H groups in total. The van der Waals surface area contributed by atoms with Gasteiger partial charge in [0.05, 0.1) is 0 Å². The van der Waals surface area contributed by atoms with Crippen molar-refractivity contribution in [1.29, 1.82) is 0 Å². The first-order chi connectivity index (χ1) is 14.1. The van der Waals surface area contributed by atoms with Crippen LogP contribution in [0.25, 0.3) is 0 Å². The third kappa shape index (κ3) is 2.56. The number of rotatable bonds is 2. The second-order valence-electron chi connectivity index (χ2n) is 8.54. The first-order valence-corrected chi connectivity index (χ1v) is 9.74. The molecule has 0 unspecified atom stereocenters. The predicted octanol–water partition coefficient (Wildman–Crippen LogP) is 3.00. The normalized spacial score (nSPS) is 22.9. The molecule has 0 amide bonds. The van der Waals surface area contributed by atoms with Gasteiger partial charge in [-0.3, -0.25) is 9.59 Å². The Labute approximate surface area is 174 Å². The van der Waals surface area contributed by atoms with E-state index in [0.29, 0.717) is 20.6 Å².